The summed E-state index contributed by atoms with van der Waals surface area (Å²) in [5.74, 6) is -0.380. The summed E-state index contributed by atoms with van der Waals surface area (Å²) in [5.41, 5.74) is 2.58. The van der Waals surface area contributed by atoms with E-state index in [1.165, 1.54) is 0 Å². The number of aromatic nitrogens is 2. The number of nitrogens with zero attached hydrogens (tertiary/aromatic N) is 2. The van der Waals surface area contributed by atoms with Gasteiger partial charge >= 0.3 is 5.97 Å². The number of ether oxygens (including phenoxy) is 1. The van der Waals surface area contributed by atoms with E-state index in [9.17, 15) is 9.59 Å². The molecule has 4 aromatic rings. The Hall–Kier alpha value is -3.18. The molecular weight excluding hydrogens is 376 g/mol. The Morgan fingerprint density at radius 1 is 1.11 bits per heavy atom. The average Bonchev–Trinajstić information content (AvgIpc) is 2.71. The highest BCUT2D eigenvalue weighted by Gasteiger charge is 2.19. The van der Waals surface area contributed by atoms with E-state index >= 15 is 0 Å². The van der Waals surface area contributed by atoms with Crippen molar-refractivity contribution in [3.8, 4) is 11.1 Å². The first-order valence-electron chi connectivity index (χ1n) is 8.91. The maximum atomic E-state index is 13.2. The Balaban J connectivity index is 2.18. The monoisotopic (exact) mass is 392 g/mol. The second-order valence-electron chi connectivity index (χ2n) is 6.30. The zero-order chi connectivity index (χ0) is 19.7. The molecule has 140 valence electrons. The molecule has 2 aromatic heterocycles. The number of hydrogen-bond acceptors (Lipinski definition) is 4. The molecule has 0 radical (unpaired) electrons. The lowest BCUT2D eigenvalue weighted by Gasteiger charge is -2.18. The molecule has 2 heterocycles. The summed E-state index contributed by atoms with van der Waals surface area (Å²) in [6.45, 7) is 2.02. The first kappa shape index (κ1) is 18.2. The topological polar surface area (TPSA) is 61.2 Å². The molecule has 0 fully saturated rings. The molecule has 0 aliphatic carbocycles. The van der Waals surface area contributed by atoms with Gasteiger partial charge in [-0.15, -0.1) is 0 Å². The minimum atomic E-state index is -0.380. The van der Waals surface area contributed by atoms with Gasteiger partial charge in [-0.3, -0.25) is 14.6 Å². The van der Waals surface area contributed by atoms with Crippen LogP contribution in [0.4, 0.5) is 0 Å². The van der Waals surface area contributed by atoms with Crippen molar-refractivity contribution in [3.63, 3.8) is 0 Å². The second-order valence-corrected chi connectivity index (χ2v) is 6.70. The standard InChI is InChI=1S/C22H17ClN2O3/c1-2-28-19(26)13-25-18-8-4-3-7-15(18)22(27)16-9-10-17(23)20(21(16)25)14-6-5-11-24-12-14/h3-12H,2,13H2,1H3. The lowest BCUT2D eigenvalue weighted by Crippen LogP contribution is -2.18. The number of carbonyl (C=O) groups excluding carboxylic acids is 1. The van der Waals surface area contributed by atoms with Crippen molar-refractivity contribution >= 4 is 39.4 Å². The number of rotatable bonds is 4. The van der Waals surface area contributed by atoms with Gasteiger partial charge in [0.2, 0.25) is 0 Å². The van der Waals surface area contributed by atoms with Crippen molar-refractivity contribution in [2.45, 2.75) is 13.5 Å². The molecule has 2 aromatic carbocycles. The number of halogens is 1. The number of hydrogen-bond donors (Lipinski definition) is 0. The molecule has 0 amide bonds. The van der Waals surface area contributed by atoms with Gasteiger partial charge in [0, 0.05) is 34.3 Å². The fourth-order valence-corrected chi connectivity index (χ4v) is 3.74. The Kier molecular flexibility index (Phi) is 4.84. The molecule has 5 nitrogen and oxygen atoms in total. The smallest absolute Gasteiger partial charge is 0.325 e. The van der Waals surface area contributed by atoms with E-state index < -0.39 is 0 Å². The molecule has 0 unspecified atom stereocenters. The normalized spacial score (nSPS) is 11.1. The van der Waals surface area contributed by atoms with Gasteiger partial charge in [0.25, 0.3) is 0 Å². The highest BCUT2D eigenvalue weighted by molar-refractivity contribution is 6.35. The van der Waals surface area contributed by atoms with Gasteiger partial charge in [-0.25, -0.2) is 0 Å². The Bertz CT molecular complexity index is 1250. The zero-order valence-corrected chi connectivity index (χ0v) is 15.9. The second kappa shape index (κ2) is 7.44. The third kappa shape index (κ3) is 3.04. The molecule has 28 heavy (non-hydrogen) atoms. The zero-order valence-electron chi connectivity index (χ0n) is 15.2. The Labute approximate surface area is 166 Å². The molecule has 0 saturated heterocycles. The van der Waals surface area contributed by atoms with E-state index in [-0.39, 0.29) is 24.5 Å². The molecular formula is C22H17ClN2O3. The SMILES string of the molecule is CCOC(=O)Cn1c2ccccc2c(=O)c2ccc(Cl)c(-c3cccnc3)c21. The van der Waals surface area contributed by atoms with Gasteiger partial charge in [0.15, 0.2) is 5.43 Å². The van der Waals surface area contributed by atoms with E-state index in [1.807, 2.05) is 24.3 Å². The van der Waals surface area contributed by atoms with Crippen molar-refractivity contribution in [2.24, 2.45) is 0 Å². The van der Waals surface area contributed by atoms with E-state index in [2.05, 4.69) is 4.98 Å². The van der Waals surface area contributed by atoms with Crippen LogP contribution in [0.3, 0.4) is 0 Å². The van der Waals surface area contributed by atoms with Crippen molar-refractivity contribution in [2.75, 3.05) is 6.61 Å². The van der Waals surface area contributed by atoms with Crippen molar-refractivity contribution in [1.29, 1.82) is 0 Å². The summed E-state index contributed by atoms with van der Waals surface area (Å²) in [5, 5.41) is 1.51. The minimum absolute atomic E-state index is 0.0290. The molecule has 0 bridgehead atoms. The van der Waals surface area contributed by atoms with E-state index in [4.69, 9.17) is 16.3 Å². The number of benzene rings is 2. The van der Waals surface area contributed by atoms with Crippen molar-refractivity contribution < 1.29 is 9.53 Å². The third-order valence-electron chi connectivity index (χ3n) is 4.62. The first-order valence-corrected chi connectivity index (χ1v) is 9.29. The molecule has 0 atom stereocenters. The fraction of sp³-hybridized carbons (Fsp3) is 0.136. The predicted octanol–water partition coefficient (Wildman–Crippen LogP) is 4.43. The summed E-state index contributed by atoms with van der Waals surface area (Å²) in [4.78, 5) is 29.7. The molecule has 0 aliphatic heterocycles. The number of fused-ring (bicyclic) bond motifs is 2. The van der Waals surface area contributed by atoms with E-state index in [1.54, 1.807) is 48.1 Å². The first-order chi connectivity index (χ1) is 13.6. The van der Waals surface area contributed by atoms with Gasteiger partial charge in [0.1, 0.15) is 6.54 Å². The quantitative estimate of drug-likeness (QED) is 0.380. The summed E-state index contributed by atoms with van der Waals surface area (Å²) in [6.07, 6.45) is 3.36. The summed E-state index contributed by atoms with van der Waals surface area (Å²) in [7, 11) is 0. The van der Waals surface area contributed by atoms with E-state index in [0.29, 0.717) is 32.4 Å². The van der Waals surface area contributed by atoms with Crippen LogP contribution in [0.1, 0.15) is 6.92 Å². The van der Waals surface area contributed by atoms with Crippen LogP contribution in [0.15, 0.2) is 65.7 Å². The van der Waals surface area contributed by atoms with Crippen LogP contribution < -0.4 is 5.43 Å². The maximum absolute atomic E-state index is 13.2. The fourth-order valence-electron chi connectivity index (χ4n) is 3.48. The lowest BCUT2D eigenvalue weighted by atomic mass is 10.0. The van der Waals surface area contributed by atoms with Crippen molar-refractivity contribution in [1.82, 2.24) is 9.55 Å². The number of esters is 1. The molecule has 0 aliphatic rings. The minimum Gasteiger partial charge on any atom is -0.465 e. The number of para-hydroxylation sites is 1. The summed E-state index contributed by atoms with van der Waals surface area (Å²) >= 11 is 6.55. The van der Waals surface area contributed by atoms with Gasteiger partial charge in [-0.2, -0.15) is 0 Å². The van der Waals surface area contributed by atoms with Crippen LogP contribution in [0.5, 0.6) is 0 Å². The molecule has 4 rings (SSSR count). The Morgan fingerprint density at radius 2 is 1.93 bits per heavy atom. The van der Waals surface area contributed by atoms with Crippen LogP contribution in [0.2, 0.25) is 5.02 Å². The van der Waals surface area contributed by atoms with Crippen LogP contribution in [-0.4, -0.2) is 22.1 Å². The number of carbonyl (C=O) groups is 1. The summed E-state index contributed by atoms with van der Waals surface area (Å²) < 4.78 is 6.97. The van der Waals surface area contributed by atoms with E-state index in [0.717, 1.165) is 5.56 Å². The van der Waals surface area contributed by atoms with Gasteiger partial charge in [-0.05, 0) is 37.3 Å². The molecule has 6 heteroatoms. The van der Waals surface area contributed by atoms with Gasteiger partial charge in [0.05, 0.1) is 22.7 Å². The summed E-state index contributed by atoms with van der Waals surface area (Å²) in [6, 6.07) is 14.3. The maximum Gasteiger partial charge on any atom is 0.325 e. The Morgan fingerprint density at radius 3 is 2.68 bits per heavy atom. The largest absolute Gasteiger partial charge is 0.465 e. The number of pyridine rings is 2. The molecule has 0 saturated carbocycles. The van der Waals surface area contributed by atoms with Crippen LogP contribution in [0.25, 0.3) is 32.9 Å². The van der Waals surface area contributed by atoms with Crippen LogP contribution >= 0.6 is 11.6 Å². The molecule has 0 N–H and O–H groups in total. The lowest BCUT2D eigenvalue weighted by molar-refractivity contribution is -0.143. The average molecular weight is 393 g/mol. The third-order valence-corrected chi connectivity index (χ3v) is 4.94. The van der Waals surface area contributed by atoms with Crippen LogP contribution in [-0.2, 0) is 16.1 Å². The highest BCUT2D eigenvalue weighted by atomic mass is 35.5. The van der Waals surface area contributed by atoms with Crippen molar-refractivity contribution in [3.05, 3.63) is 76.2 Å². The van der Waals surface area contributed by atoms with Crippen LogP contribution in [0, 0.1) is 0 Å². The van der Waals surface area contributed by atoms with Gasteiger partial charge < -0.3 is 9.30 Å². The highest BCUT2D eigenvalue weighted by Crippen LogP contribution is 2.35. The molecule has 0 spiro atoms. The predicted molar refractivity (Wildman–Crippen MR) is 111 cm³/mol. The van der Waals surface area contributed by atoms with Gasteiger partial charge in [-0.1, -0.05) is 29.8 Å².